The maximum atomic E-state index is 6.20. The monoisotopic (exact) mass is 295 g/mol. The number of hydrogen-bond acceptors (Lipinski definition) is 3. The van der Waals surface area contributed by atoms with Crippen molar-refractivity contribution >= 4 is 29.2 Å². The predicted molar refractivity (Wildman–Crippen MR) is 80.4 cm³/mol. The summed E-state index contributed by atoms with van der Waals surface area (Å²) in [6.45, 7) is 4.26. The molecular formula is C14H15Cl2N3. The van der Waals surface area contributed by atoms with Crippen molar-refractivity contribution in [3.8, 4) is 11.3 Å². The van der Waals surface area contributed by atoms with E-state index in [9.17, 15) is 0 Å². The lowest BCUT2D eigenvalue weighted by molar-refractivity contribution is 0.635. The first kappa shape index (κ1) is 14.1. The average Bonchev–Trinajstić information content (AvgIpc) is 2.31. The smallest absolute Gasteiger partial charge is 0.220 e. The van der Waals surface area contributed by atoms with Gasteiger partial charge in [0.15, 0.2) is 0 Å². The Hall–Kier alpha value is -1.32. The van der Waals surface area contributed by atoms with Gasteiger partial charge < -0.3 is 5.73 Å². The lowest BCUT2D eigenvalue weighted by atomic mass is 10.1. The van der Waals surface area contributed by atoms with Gasteiger partial charge in [-0.2, -0.15) is 0 Å². The van der Waals surface area contributed by atoms with Gasteiger partial charge in [0.05, 0.1) is 15.7 Å². The van der Waals surface area contributed by atoms with Crippen molar-refractivity contribution in [3.63, 3.8) is 0 Å². The highest BCUT2D eigenvalue weighted by Gasteiger charge is 2.11. The molecule has 0 spiro atoms. The molecule has 0 radical (unpaired) electrons. The standard InChI is InChI=1S/C14H15Cl2N3/c1-8(2)6-9-7-12(19-14(17)18-9)10-4-3-5-11(15)13(10)16/h3-5,7-8H,6H2,1-2H3,(H2,17,18,19). The SMILES string of the molecule is CC(C)Cc1cc(-c2cccc(Cl)c2Cl)nc(N)n1. The molecule has 1 heterocycles. The van der Waals surface area contributed by atoms with Gasteiger partial charge in [-0.3, -0.25) is 0 Å². The minimum Gasteiger partial charge on any atom is -0.368 e. The molecule has 0 aliphatic rings. The Bertz CT molecular complexity index is 597. The zero-order chi connectivity index (χ0) is 14.0. The highest BCUT2D eigenvalue weighted by molar-refractivity contribution is 6.43. The molecule has 2 N–H and O–H groups in total. The molecule has 0 unspecified atom stereocenters. The van der Waals surface area contributed by atoms with E-state index >= 15 is 0 Å². The fraction of sp³-hybridized carbons (Fsp3) is 0.286. The van der Waals surface area contributed by atoms with Crippen LogP contribution >= 0.6 is 23.2 Å². The Morgan fingerprint density at radius 1 is 1.21 bits per heavy atom. The third-order valence-electron chi connectivity index (χ3n) is 2.64. The van der Waals surface area contributed by atoms with E-state index < -0.39 is 0 Å². The number of rotatable bonds is 3. The van der Waals surface area contributed by atoms with Gasteiger partial charge in [0.25, 0.3) is 0 Å². The van der Waals surface area contributed by atoms with Crippen molar-refractivity contribution in [3.05, 3.63) is 40.0 Å². The highest BCUT2D eigenvalue weighted by atomic mass is 35.5. The van der Waals surface area contributed by atoms with Crippen LogP contribution in [0, 0.1) is 5.92 Å². The van der Waals surface area contributed by atoms with Gasteiger partial charge in [-0.15, -0.1) is 0 Å². The molecule has 0 bridgehead atoms. The van der Waals surface area contributed by atoms with Gasteiger partial charge in [-0.1, -0.05) is 49.2 Å². The molecule has 0 aliphatic heterocycles. The number of nitrogens with two attached hydrogens (primary N) is 1. The lowest BCUT2D eigenvalue weighted by Gasteiger charge is -2.09. The summed E-state index contributed by atoms with van der Waals surface area (Å²) in [4.78, 5) is 8.48. The first-order valence-electron chi connectivity index (χ1n) is 6.05. The van der Waals surface area contributed by atoms with E-state index in [0.717, 1.165) is 17.7 Å². The Kier molecular flexibility index (Phi) is 4.27. The zero-order valence-corrected chi connectivity index (χ0v) is 12.3. The summed E-state index contributed by atoms with van der Waals surface area (Å²) >= 11 is 12.2. The van der Waals surface area contributed by atoms with Gasteiger partial charge in [0.1, 0.15) is 0 Å². The molecule has 0 atom stereocenters. The second-order valence-electron chi connectivity index (χ2n) is 4.80. The summed E-state index contributed by atoms with van der Waals surface area (Å²) in [5.41, 5.74) is 8.15. The van der Waals surface area contributed by atoms with Crippen LogP contribution in [0.25, 0.3) is 11.3 Å². The van der Waals surface area contributed by atoms with Crippen LogP contribution < -0.4 is 5.73 Å². The second kappa shape index (κ2) is 5.76. The van der Waals surface area contributed by atoms with Crippen molar-refractivity contribution in [2.45, 2.75) is 20.3 Å². The van der Waals surface area contributed by atoms with E-state index in [1.54, 1.807) is 6.07 Å². The van der Waals surface area contributed by atoms with Crippen LogP contribution in [0.3, 0.4) is 0 Å². The van der Waals surface area contributed by atoms with Crippen molar-refractivity contribution in [1.29, 1.82) is 0 Å². The Morgan fingerprint density at radius 2 is 1.95 bits per heavy atom. The quantitative estimate of drug-likeness (QED) is 0.922. The lowest BCUT2D eigenvalue weighted by Crippen LogP contribution is -2.04. The zero-order valence-electron chi connectivity index (χ0n) is 10.8. The molecule has 2 rings (SSSR count). The van der Waals surface area contributed by atoms with Crippen LogP contribution in [-0.2, 0) is 6.42 Å². The minimum atomic E-state index is 0.254. The third-order valence-corrected chi connectivity index (χ3v) is 3.46. The number of aromatic nitrogens is 2. The molecule has 5 heteroatoms. The summed E-state index contributed by atoms with van der Waals surface area (Å²) in [7, 11) is 0. The van der Waals surface area contributed by atoms with Gasteiger partial charge in [0.2, 0.25) is 5.95 Å². The highest BCUT2D eigenvalue weighted by Crippen LogP contribution is 2.32. The average molecular weight is 296 g/mol. The van der Waals surface area contributed by atoms with Crippen LogP contribution in [0.5, 0.6) is 0 Å². The first-order chi connectivity index (χ1) is 8.97. The van der Waals surface area contributed by atoms with E-state index in [4.69, 9.17) is 28.9 Å². The number of halogens is 2. The summed E-state index contributed by atoms with van der Waals surface area (Å²) in [6, 6.07) is 7.36. The third kappa shape index (κ3) is 3.37. The summed E-state index contributed by atoms with van der Waals surface area (Å²) in [5, 5.41) is 0.986. The fourth-order valence-electron chi connectivity index (χ4n) is 1.88. The molecule has 0 fully saturated rings. The largest absolute Gasteiger partial charge is 0.368 e. The fourth-order valence-corrected chi connectivity index (χ4v) is 2.28. The van der Waals surface area contributed by atoms with Crippen LogP contribution in [0.2, 0.25) is 10.0 Å². The van der Waals surface area contributed by atoms with E-state index in [2.05, 4.69) is 23.8 Å². The van der Waals surface area contributed by atoms with Gasteiger partial charge in [-0.25, -0.2) is 9.97 Å². The Balaban J connectivity index is 2.50. The molecule has 2 aromatic rings. The topological polar surface area (TPSA) is 51.8 Å². The summed E-state index contributed by atoms with van der Waals surface area (Å²) in [5.74, 6) is 0.751. The molecule has 3 nitrogen and oxygen atoms in total. The van der Waals surface area contributed by atoms with Crippen molar-refractivity contribution in [2.24, 2.45) is 5.92 Å². The normalized spacial score (nSPS) is 11.0. The van der Waals surface area contributed by atoms with Crippen molar-refractivity contribution in [2.75, 3.05) is 5.73 Å². The number of hydrogen-bond donors (Lipinski definition) is 1. The molecule has 0 saturated carbocycles. The summed E-state index contributed by atoms with van der Waals surface area (Å²) < 4.78 is 0. The predicted octanol–water partition coefficient (Wildman–Crippen LogP) is 4.23. The van der Waals surface area contributed by atoms with Crippen LogP contribution in [0.4, 0.5) is 5.95 Å². The number of nitrogen functional groups attached to an aromatic ring is 1. The molecule has 0 aliphatic carbocycles. The maximum absolute atomic E-state index is 6.20. The molecule has 0 saturated heterocycles. The number of anilines is 1. The van der Waals surface area contributed by atoms with Gasteiger partial charge >= 0.3 is 0 Å². The van der Waals surface area contributed by atoms with E-state index in [1.165, 1.54) is 0 Å². The van der Waals surface area contributed by atoms with Crippen LogP contribution in [-0.4, -0.2) is 9.97 Å². The molecule has 0 amide bonds. The molecule has 1 aromatic heterocycles. The Morgan fingerprint density at radius 3 is 2.63 bits per heavy atom. The molecule has 100 valence electrons. The first-order valence-corrected chi connectivity index (χ1v) is 6.80. The number of benzene rings is 1. The minimum absolute atomic E-state index is 0.254. The van der Waals surface area contributed by atoms with Crippen molar-refractivity contribution in [1.82, 2.24) is 9.97 Å². The van der Waals surface area contributed by atoms with Gasteiger partial charge in [0, 0.05) is 11.3 Å². The van der Waals surface area contributed by atoms with Gasteiger partial charge in [-0.05, 0) is 24.5 Å². The summed E-state index contributed by atoms with van der Waals surface area (Å²) in [6.07, 6.45) is 0.845. The number of nitrogens with zero attached hydrogens (tertiary/aromatic N) is 2. The van der Waals surface area contributed by atoms with Crippen LogP contribution in [0.1, 0.15) is 19.5 Å². The van der Waals surface area contributed by atoms with Crippen LogP contribution in [0.15, 0.2) is 24.3 Å². The Labute approximate surface area is 122 Å². The molecule has 1 aromatic carbocycles. The van der Waals surface area contributed by atoms with Crippen molar-refractivity contribution < 1.29 is 0 Å². The molecule has 19 heavy (non-hydrogen) atoms. The molecular weight excluding hydrogens is 281 g/mol. The maximum Gasteiger partial charge on any atom is 0.220 e. The van der Waals surface area contributed by atoms with E-state index in [0.29, 0.717) is 21.7 Å². The second-order valence-corrected chi connectivity index (χ2v) is 5.59. The van der Waals surface area contributed by atoms with E-state index in [-0.39, 0.29) is 5.95 Å². The van der Waals surface area contributed by atoms with E-state index in [1.807, 2.05) is 18.2 Å².